The van der Waals surface area contributed by atoms with Crippen LogP contribution in [0, 0.1) is 0 Å². The number of fused-ring (bicyclic) bond motifs is 6. The fourth-order valence-electron chi connectivity index (χ4n) is 7.03. The largest absolute Gasteiger partial charge is 0.456 e. The van der Waals surface area contributed by atoms with Crippen molar-refractivity contribution in [2.45, 2.75) is 0 Å². The molecule has 0 unspecified atom stereocenters. The number of hydrogen-bond donors (Lipinski definition) is 0. The molecule has 0 amide bonds. The van der Waals surface area contributed by atoms with Crippen LogP contribution >= 0.6 is 0 Å². The minimum Gasteiger partial charge on any atom is -0.456 e. The van der Waals surface area contributed by atoms with Crippen molar-refractivity contribution in [2.24, 2.45) is 0 Å². The molecule has 0 bridgehead atoms. The van der Waals surface area contributed by atoms with Crippen LogP contribution in [0.1, 0.15) is 0 Å². The van der Waals surface area contributed by atoms with Crippen LogP contribution in [0.3, 0.4) is 0 Å². The van der Waals surface area contributed by atoms with Gasteiger partial charge in [-0.3, -0.25) is 0 Å². The van der Waals surface area contributed by atoms with Crippen LogP contribution in [-0.2, 0) is 0 Å². The van der Waals surface area contributed by atoms with Crippen molar-refractivity contribution in [3.8, 4) is 51.0 Å². The van der Waals surface area contributed by atoms with Gasteiger partial charge in [0, 0.05) is 50.0 Å². The molecule has 0 aliphatic heterocycles. The number of aromatic nitrogens is 4. The average Bonchev–Trinajstić information content (AvgIpc) is 3.72. The number of benzene rings is 7. The fourth-order valence-corrected chi connectivity index (χ4v) is 7.03. The van der Waals surface area contributed by atoms with Crippen molar-refractivity contribution in [3.63, 3.8) is 0 Å². The van der Waals surface area contributed by atoms with Crippen molar-refractivity contribution < 1.29 is 4.42 Å². The summed E-state index contributed by atoms with van der Waals surface area (Å²) in [5.41, 5.74) is 10.1. The molecular formula is C45H28N4O. The molecule has 0 aliphatic carbocycles. The van der Waals surface area contributed by atoms with Crippen molar-refractivity contribution >= 4 is 43.7 Å². The van der Waals surface area contributed by atoms with Gasteiger partial charge in [0.25, 0.3) is 0 Å². The molecule has 0 fully saturated rings. The van der Waals surface area contributed by atoms with Crippen LogP contribution < -0.4 is 0 Å². The van der Waals surface area contributed by atoms with Gasteiger partial charge in [0.15, 0.2) is 17.5 Å². The lowest BCUT2D eigenvalue weighted by Gasteiger charge is -2.09. The topological polar surface area (TPSA) is 56.7 Å². The molecule has 234 valence electrons. The van der Waals surface area contributed by atoms with Crippen molar-refractivity contribution in [2.75, 3.05) is 0 Å². The highest BCUT2D eigenvalue weighted by Crippen LogP contribution is 2.39. The number of nitrogens with zero attached hydrogens (tertiary/aromatic N) is 4. The Morgan fingerprint density at radius 2 is 0.860 bits per heavy atom. The Morgan fingerprint density at radius 3 is 1.58 bits per heavy atom. The number of rotatable bonds is 5. The Morgan fingerprint density at radius 1 is 0.340 bits per heavy atom. The van der Waals surface area contributed by atoms with E-state index in [1.54, 1.807) is 0 Å². The van der Waals surface area contributed by atoms with E-state index in [4.69, 9.17) is 19.4 Å². The minimum atomic E-state index is 0.610. The molecule has 50 heavy (non-hydrogen) atoms. The summed E-state index contributed by atoms with van der Waals surface area (Å²) in [6.45, 7) is 0. The molecule has 3 heterocycles. The molecule has 0 atom stereocenters. The summed E-state index contributed by atoms with van der Waals surface area (Å²) in [6.07, 6.45) is 0. The van der Waals surface area contributed by atoms with Gasteiger partial charge < -0.3 is 8.98 Å². The van der Waals surface area contributed by atoms with Gasteiger partial charge in [0.05, 0.1) is 11.0 Å². The zero-order chi connectivity index (χ0) is 33.0. The Balaban J connectivity index is 1.14. The molecule has 7 aromatic carbocycles. The molecule has 0 saturated carbocycles. The van der Waals surface area contributed by atoms with Crippen LogP contribution in [0.25, 0.3) is 94.7 Å². The van der Waals surface area contributed by atoms with Gasteiger partial charge in [-0.2, -0.15) is 0 Å². The van der Waals surface area contributed by atoms with Crippen LogP contribution in [0.5, 0.6) is 0 Å². The predicted octanol–water partition coefficient (Wildman–Crippen LogP) is 11.5. The third-order valence-corrected chi connectivity index (χ3v) is 9.45. The van der Waals surface area contributed by atoms with Crippen molar-refractivity contribution in [3.05, 3.63) is 170 Å². The molecule has 10 aromatic rings. The summed E-state index contributed by atoms with van der Waals surface area (Å²) in [5, 5.41) is 4.45. The first-order valence-electron chi connectivity index (χ1n) is 16.7. The highest BCUT2D eigenvalue weighted by atomic mass is 16.3. The van der Waals surface area contributed by atoms with E-state index >= 15 is 0 Å². The molecule has 0 radical (unpaired) electrons. The summed E-state index contributed by atoms with van der Waals surface area (Å²) in [7, 11) is 0. The smallest absolute Gasteiger partial charge is 0.164 e. The zero-order valence-corrected chi connectivity index (χ0v) is 26.9. The fraction of sp³-hybridized carbons (Fsp3) is 0. The van der Waals surface area contributed by atoms with Gasteiger partial charge in [-0.25, -0.2) is 15.0 Å². The van der Waals surface area contributed by atoms with Crippen molar-refractivity contribution in [1.29, 1.82) is 0 Å². The third-order valence-electron chi connectivity index (χ3n) is 9.45. The zero-order valence-electron chi connectivity index (χ0n) is 26.9. The van der Waals surface area contributed by atoms with E-state index < -0.39 is 0 Å². The van der Waals surface area contributed by atoms with Crippen LogP contribution in [0.2, 0.25) is 0 Å². The Labute approximate surface area is 287 Å². The molecular weight excluding hydrogens is 613 g/mol. The molecule has 3 aromatic heterocycles. The first kappa shape index (κ1) is 28.2. The van der Waals surface area contributed by atoms with Gasteiger partial charge in [-0.1, -0.05) is 121 Å². The van der Waals surface area contributed by atoms with E-state index in [1.807, 2.05) is 54.6 Å². The van der Waals surface area contributed by atoms with E-state index in [-0.39, 0.29) is 0 Å². The molecule has 5 heteroatoms. The van der Waals surface area contributed by atoms with E-state index in [0.29, 0.717) is 17.5 Å². The normalized spacial score (nSPS) is 11.6. The molecule has 0 saturated heterocycles. The van der Waals surface area contributed by atoms with Gasteiger partial charge in [-0.15, -0.1) is 0 Å². The highest BCUT2D eigenvalue weighted by Gasteiger charge is 2.18. The standard InChI is InChI=1S/C45H28N4O/c1-4-12-29(13-5-1)30-20-22-32(23-21-30)44-46-43(31-14-6-2-7-15-31)47-45(48-44)33-24-25-41-37(26-33)38-27-36-35-18-10-11-19-39(35)49(34-16-8-3-9-17-34)40(36)28-42(38)50-41/h1-28H. The van der Waals surface area contributed by atoms with E-state index in [1.165, 1.54) is 16.3 Å². The number of para-hydroxylation sites is 2. The van der Waals surface area contributed by atoms with E-state index in [2.05, 4.69) is 120 Å². The Bertz CT molecular complexity index is 2840. The average molecular weight is 641 g/mol. The summed E-state index contributed by atoms with van der Waals surface area (Å²) >= 11 is 0. The number of furan rings is 1. The Hall–Kier alpha value is -6.85. The molecule has 0 N–H and O–H groups in total. The summed E-state index contributed by atoms with van der Waals surface area (Å²) < 4.78 is 8.82. The monoisotopic (exact) mass is 640 g/mol. The lowest BCUT2D eigenvalue weighted by molar-refractivity contribution is 0.669. The Kier molecular flexibility index (Phi) is 6.42. The second-order valence-corrected chi connectivity index (χ2v) is 12.5. The first-order valence-corrected chi connectivity index (χ1v) is 16.7. The maximum Gasteiger partial charge on any atom is 0.164 e. The van der Waals surface area contributed by atoms with Gasteiger partial charge >= 0.3 is 0 Å². The van der Waals surface area contributed by atoms with Crippen LogP contribution in [-0.4, -0.2) is 19.5 Å². The van der Waals surface area contributed by atoms with Gasteiger partial charge in [-0.05, 0) is 53.6 Å². The third kappa shape index (κ3) is 4.67. The lowest BCUT2D eigenvalue weighted by atomic mass is 10.0. The first-order chi connectivity index (χ1) is 24.8. The minimum absolute atomic E-state index is 0.610. The quantitative estimate of drug-likeness (QED) is 0.188. The maximum absolute atomic E-state index is 6.51. The van der Waals surface area contributed by atoms with Crippen molar-refractivity contribution in [1.82, 2.24) is 19.5 Å². The molecule has 10 rings (SSSR count). The summed E-state index contributed by atoms with van der Waals surface area (Å²) in [6, 6.07) is 58.6. The highest BCUT2D eigenvalue weighted by molar-refractivity contribution is 6.17. The summed E-state index contributed by atoms with van der Waals surface area (Å²) in [5.74, 6) is 1.87. The molecule has 5 nitrogen and oxygen atoms in total. The second-order valence-electron chi connectivity index (χ2n) is 12.5. The summed E-state index contributed by atoms with van der Waals surface area (Å²) in [4.78, 5) is 15.0. The second kappa shape index (κ2) is 11.4. The predicted molar refractivity (Wildman–Crippen MR) is 203 cm³/mol. The molecule has 0 aliphatic rings. The van der Waals surface area contributed by atoms with Crippen LogP contribution in [0.4, 0.5) is 0 Å². The maximum atomic E-state index is 6.51. The van der Waals surface area contributed by atoms with Gasteiger partial charge in [0.1, 0.15) is 11.2 Å². The van der Waals surface area contributed by atoms with Crippen LogP contribution in [0.15, 0.2) is 174 Å². The van der Waals surface area contributed by atoms with E-state index in [9.17, 15) is 0 Å². The molecule has 0 spiro atoms. The van der Waals surface area contributed by atoms with Gasteiger partial charge in [0.2, 0.25) is 0 Å². The van der Waals surface area contributed by atoms with E-state index in [0.717, 1.165) is 60.9 Å². The lowest BCUT2D eigenvalue weighted by Crippen LogP contribution is -2.00. The number of hydrogen-bond acceptors (Lipinski definition) is 4. The SMILES string of the molecule is c1ccc(-c2ccc(-c3nc(-c4ccccc4)nc(-c4ccc5oc6cc7c(cc6c5c4)c4ccccc4n7-c4ccccc4)n3)cc2)cc1.